The molecule has 14 heteroatoms. The van der Waals surface area contributed by atoms with Crippen molar-refractivity contribution in [2.75, 3.05) is 26.2 Å². The normalized spacial score (nSPS) is 23.4. The predicted molar refractivity (Wildman–Crippen MR) is 122 cm³/mol. The monoisotopic (exact) mass is 552 g/mol. The van der Waals surface area contributed by atoms with E-state index in [1.54, 1.807) is 12.4 Å². The number of hydrogen-bond donors (Lipinski definition) is 0. The maximum absolute atomic E-state index is 13.2. The van der Waals surface area contributed by atoms with Crippen LogP contribution in [0.1, 0.15) is 35.4 Å². The molecule has 204 valence electrons. The second-order valence-electron chi connectivity index (χ2n) is 9.28. The van der Waals surface area contributed by atoms with E-state index in [-0.39, 0.29) is 23.3 Å². The highest BCUT2D eigenvalue weighted by molar-refractivity contribution is 7.86. The second kappa shape index (κ2) is 10.1. The van der Waals surface area contributed by atoms with Crippen LogP contribution in [0.25, 0.3) is 11.4 Å². The topological polar surface area (TPSA) is 75.6 Å². The molecule has 2 aliphatic rings. The number of halogens is 6. The molecule has 2 unspecified atom stereocenters. The summed E-state index contributed by atoms with van der Waals surface area (Å²) in [5, 5.41) is 0. The predicted octanol–water partition coefficient (Wildman–Crippen LogP) is 4.38. The van der Waals surface area contributed by atoms with E-state index in [0.717, 1.165) is 26.6 Å². The number of rotatable bonds is 4. The Labute approximate surface area is 210 Å². The van der Waals surface area contributed by atoms with Gasteiger partial charge in [0.15, 0.2) is 18.0 Å². The minimum absolute atomic E-state index is 0.0591. The summed E-state index contributed by atoms with van der Waals surface area (Å²) < 4.78 is 110. The van der Waals surface area contributed by atoms with Crippen LogP contribution in [-0.4, -0.2) is 77.7 Å². The molecule has 0 radical (unpaired) electrons. The average Bonchev–Trinajstić information content (AvgIpc) is 2.84. The van der Waals surface area contributed by atoms with E-state index in [1.807, 2.05) is 32.0 Å². The summed E-state index contributed by atoms with van der Waals surface area (Å²) in [5.41, 5.74) is 3.83. The zero-order valence-corrected chi connectivity index (χ0v) is 20.9. The standard InChI is InChI=1S/C23H26F6N4O3S/c1-14-4-3-5-18(15(14)2)21-30-10-17(11-31-21)16-6-8-32(9-7-16)37(34,35)33-12-19(22(24,25)26)36-20(13-33)23(27,28)29/h3-5,10-11,16,19-20H,6-9,12-13H2,1-2H3. The van der Waals surface area contributed by atoms with Gasteiger partial charge in [0.2, 0.25) is 0 Å². The molecular formula is C23H26F6N4O3S. The van der Waals surface area contributed by atoms with Gasteiger partial charge in [-0.25, -0.2) is 9.97 Å². The minimum atomic E-state index is -5.15. The van der Waals surface area contributed by atoms with Gasteiger partial charge in [0.25, 0.3) is 10.2 Å². The largest absolute Gasteiger partial charge is 0.415 e. The molecule has 0 spiro atoms. The summed E-state index contributed by atoms with van der Waals surface area (Å²) in [6.45, 7) is 1.38. The molecule has 2 aliphatic heterocycles. The Morgan fingerprint density at radius 3 is 1.95 bits per heavy atom. The highest BCUT2D eigenvalue weighted by Crippen LogP contribution is 2.36. The fraction of sp³-hybridized carbons (Fsp3) is 0.565. The quantitative estimate of drug-likeness (QED) is 0.527. The lowest BCUT2D eigenvalue weighted by atomic mass is 9.92. The van der Waals surface area contributed by atoms with E-state index in [0.29, 0.717) is 18.7 Å². The van der Waals surface area contributed by atoms with Crippen molar-refractivity contribution in [3.63, 3.8) is 0 Å². The van der Waals surface area contributed by atoms with Crippen LogP contribution in [-0.2, 0) is 14.9 Å². The van der Waals surface area contributed by atoms with E-state index in [2.05, 4.69) is 14.7 Å². The van der Waals surface area contributed by atoms with Gasteiger partial charge in [0.05, 0.1) is 13.1 Å². The first kappa shape index (κ1) is 27.7. The number of aryl methyl sites for hydroxylation is 1. The summed E-state index contributed by atoms with van der Waals surface area (Å²) in [6.07, 6.45) is -12.0. The van der Waals surface area contributed by atoms with Crippen molar-refractivity contribution in [3.05, 3.63) is 47.3 Å². The van der Waals surface area contributed by atoms with Crippen molar-refractivity contribution in [2.45, 2.75) is 57.2 Å². The van der Waals surface area contributed by atoms with Crippen molar-refractivity contribution in [1.29, 1.82) is 0 Å². The van der Waals surface area contributed by atoms with Crippen molar-refractivity contribution in [3.8, 4) is 11.4 Å². The van der Waals surface area contributed by atoms with E-state index < -0.39 is 47.9 Å². The van der Waals surface area contributed by atoms with E-state index in [1.165, 1.54) is 0 Å². The summed E-state index contributed by atoms with van der Waals surface area (Å²) in [6, 6.07) is 5.81. The van der Waals surface area contributed by atoms with Crippen molar-refractivity contribution in [2.24, 2.45) is 0 Å². The lowest BCUT2D eigenvalue weighted by molar-refractivity contribution is -0.301. The van der Waals surface area contributed by atoms with Crippen LogP contribution in [0.5, 0.6) is 0 Å². The average molecular weight is 553 g/mol. The van der Waals surface area contributed by atoms with E-state index >= 15 is 0 Å². The Kier molecular flexibility index (Phi) is 7.58. The molecule has 4 rings (SSSR count). The fourth-order valence-electron chi connectivity index (χ4n) is 4.54. The van der Waals surface area contributed by atoms with E-state index in [4.69, 9.17) is 0 Å². The van der Waals surface area contributed by atoms with Crippen LogP contribution in [0.2, 0.25) is 0 Å². The number of hydrogen-bond acceptors (Lipinski definition) is 5. The Balaban J connectivity index is 1.44. The summed E-state index contributed by atoms with van der Waals surface area (Å²) in [5.74, 6) is 0.449. The van der Waals surface area contributed by atoms with Crippen LogP contribution in [0.3, 0.4) is 0 Å². The Morgan fingerprint density at radius 2 is 1.43 bits per heavy atom. The van der Waals surface area contributed by atoms with Crippen molar-refractivity contribution in [1.82, 2.24) is 18.6 Å². The summed E-state index contributed by atoms with van der Waals surface area (Å²) in [4.78, 5) is 8.90. The number of alkyl halides is 6. The van der Waals surface area contributed by atoms with Gasteiger partial charge in [-0.05, 0) is 49.3 Å². The zero-order valence-electron chi connectivity index (χ0n) is 20.1. The molecule has 2 fully saturated rings. The van der Waals surface area contributed by atoms with Gasteiger partial charge in [0.1, 0.15) is 0 Å². The number of ether oxygens (including phenoxy) is 1. The lowest BCUT2D eigenvalue weighted by Crippen LogP contribution is -2.60. The molecule has 0 N–H and O–H groups in total. The first-order valence-corrected chi connectivity index (χ1v) is 13.0. The van der Waals surface area contributed by atoms with Gasteiger partial charge in [-0.2, -0.15) is 43.4 Å². The third-order valence-corrected chi connectivity index (χ3v) is 8.86. The third kappa shape index (κ3) is 5.91. The lowest BCUT2D eigenvalue weighted by Gasteiger charge is -2.41. The van der Waals surface area contributed by atoms with Gasteiger partial charge in [-0.15, -0.1) is 0 Å². The third-order valence-electron chi connectivity index (χ3n) is 6.89. The molecule has 3 heterocycles. The maximum Gasteiger partial charge on any atom is 0.415 e. The zero-order chi connectivity index (χ0) is 27.2. The number of nitrogens with zero attached hydrogens (tertiary/aromatic N) is 4. The Bertz CT molecular complexity index is 1190. The van der Waals surface area contributed by atoms with Crippen molar-refractivity contribution >= 4 is 10.2 Å². The van der Waals surface area contributed by atoms with E-state index in [9.17, 15) is 34.8 Å². The van der Waals surface area contributed by atoms with Crippen LogP contribution < -0.4 is 0 Å². The number of piperidine rings is 1. The highest BCUT2D eigenvalue weighted by atomic mass is 32.2. The molecule has 1 aromatic heterocycles. The van der Waals surface area contributed by atoms with Gasteiger partial charge in [-0.1, -0.05) is 18.2 Å². The van der Waals surface area contributed by atoms with Gasteiger partial charge >= 0.3 is 12.4 Å². The summed E-state index contributed by atoms with van der Waals surface area (Å²) in [7, 11) is -4.57. The van der Waals surface area contributed by atoms with Crippen LogP contribution >= 0.6 is 0 Å². The fourth-order valence-corrected chi connectivity index (χ4v) is 6.19. The smallest absolute Gasteiger partial charge is 0.353 e. The molecule has 37 heavy (non-hydrogen) atoms. The number of aromatic nitrogens is 2. The number of benzene rings is 1. The number of morpholine rings is 1. The maximum atomic E-state index is 13.2. The molecule has 0 bridgehead atoms. The molecule has 2 atom stereocenters. The molecule has 2 aromatic rings. The van der Waals surface area contributed by atoms with Gasteiger partial charge in [0, 0.05) is 31.0 Å². The van der Waals surface area contributed by atoms with Gasteiger partial charge < -0.3 is 4.74 Å². The van der Waals surface area contributed by atoms with Crippen molar-refractivity contribution < 1.29 is 39.5 Å². The molecule has 0 saturated carbocycles. The van der Waals surface area contributed by atoms with Crippen LogP contribution in [0, 0.1) is 13.8 Å². The van der Waals surface area contributed by atoms with Gasteiger partial charge in [-0.3, -0.25) is 0 Å². The highest BCUT2D eigenvalue weighted by Gasteiger charge is 2.55. The molecule has 2 saturated heterocycles. The Hall–Kier alpha value is -2.29. The molecule has 0 amide bonds. The van der Waals surface area contributed by atoms with Crippen LogP contribution in [0.15, 0.2) is 30.6 Å². The molecule has 0 aliphatic carbocycles. The first-order valence-electron chi connectivity index (χ1n) is 11.6. The SMILES string of the molecule is Cc1cccc(-c2ncc(C3CCN(S(=O)(=O)N4CC(C(F)(F)F)OC(C(F)(F)F)C4)CC3)cn2)c1C. The second-order valence-corrected chi connectivity index (χ2v) is 11.2. The Morgan fingerprint density at radius 1 is 0.892 bits per heavy atom. The first-order chi connectivity index (χ1) is 17.2. The van der Waals surface area contributed by atoms with Crippen LogP contribution in [0.4, 0.5) is 26.3 Å². The summed E-state index contributed by atoms with van der Waals surface area (Å²) >= 11 is 0. The molecule has 7 nitrogen and oxygen atoms in total. The molecule has 1 aromatic carbocycles. The minimum Gasteiger partial charge on any atom is -0.353 e. The molecular weight excluding hydrogens is 526 g/mol.